The quantitative estimate of drug-likeness (QED) is 0.131. The maximum absolute atomic E-state index is 11.8. The fourth-order valence-corrected chi connectivity index (χ4v) is 4.80. The van der Waals surface area contributed by atoms with Crippen molar-refractivity contribution >= 4 is 58.2 Å². The highest BCUT2D eigenvalue weighted by atomic mass is 35.5. The Hall–Kier alpha value is -6.13. The minimum absolute atomic E-state index is 0.305. The number of para-hydroxylation sites is 3. The monoisotopic (exact) mass is 672 g/mol. The Bertz CT molecular complexity index is 1890. The third-order valence-electron chi connectivity index (χ3n) is 6.81. The molecule has 0 aliphatic heterocycles. The summed E-state index contributed by atoms with van der Waals surface area (Å²) in [5, 5.41) is 0.613. The van der Waals surface area contributed by atoms with Gasteiger partial charge in [0.25, 0.3) is 0 Å². The molecule has 0 N–H and O–H groups in total. The summed E-state index contributed by atoms with van der Waals surface area (Å²) in [6.45, 7) is 4.14. The Morgan fingerprint density at radius 3 is 1.22 bits per heavy atom. The highest BCUT2D eigenvalue weighted by molar-refractivity contribution is 6.30. The number of esters is 2. The van der Waals surface area contributed by atoms with E-state index in [1.165, 1.54) is 24.8 Å². The first kappa shape index (κ1) is 34.2. The minimum Gasteiger partial charge on any atom is -0.462 e. The van der Waals surface area contributed by atoms with Gasteiger partial charge in [-0.25, -0.2) is 29.5 Å². The zero-order chi connectivity index (χ0) is 34.4. The van der Waals surface area contributed by atoms with Gasteiger partial charge in [-0.05, 0) is 68.4 Å². The van der Waals surface area contributed by atoms with E-state index in [0.717, 1.165) is 22.7 Å². The first-order valence-electron chi connectivity index (χ1n) is 15.5. The molecule has 0 radical (unpaired) electrons. The van der Waals surface area contributed by atoms with Gasteiger partial charge < -0.3 is 9.47 Å². The summed E-state index contributed by atoms with van der Waals surface area (Å²) in [5.74, 6) is 0.0556. The molecule has 0 fully saturated rings. The van der Waals surface area contributed by atoms with Crippen molar-refractivity contribution in [3.8, 4) is 0 Å². The van der Waals surface area contributed by atoms with Crippen LogP contribution in [0.15, 0.2) is 140 Å². The molecule has 0 spiro atoms. The number of rotatable bonds is 10. The molecule has 11 heteroatoms. The van der Waals surface area contributed by atoms with E-state index in [9.17, 15) is 9.59 Å². The SMILES string of the molecule is CCOC(=O)c1cnc(N(c2ccccc2)c2cccc(Cl)c2)nc1.CCOC(=O)c1cnc(N(c2ccccc2)c2ccccc2)nc1. The van der Waals surface area contributed by atoms with E-state index in [-0.39, 0.29) is 0 Å². The summed E-state index contributed by atoms with van der Waals surface area (Å²) in [6.07, 6.45) is 5.89. The van der Waals surface area contributed by atoms with Crippen LogP contribution >= 0.6 is 11.6 Å². The maximum atomic E-state index is 11.8. The van der Waals surface area contributed by atoms with E-state index >= 15 is 0 Å². The van der Waals surface area contributed by atoms with E-state index in [1.807, 2.05) is 119 Å². The number of carbonyl (C=O) groups excluding carboxylic acids is 2. The van der Waals surface area contributed by atoms with Gasteiger partial charge in [-0.1, -0.05) is 72.3 Å². The molecular formula is C38H33ClN6O4. The summed E-state index contributed by atoms with van der Waals surface area (Å²) in [7, 11) is 0. The predicted molar refractivity (Wildman–Crippen MR) is 190 cm³/mol. The van der Waals surface area contributed by atoms with Crippen LogP contribution in [0.3, 0.4) is 0 Å². The van der Waals surface area contributed by atoms with Crippen molar-refractivity contribution in [3.05, 3.63) is 156 Å². The van der Waals surface area contributed by atoms with E-state index in [1.54, 1.807) is 19.9 Å². The maximum Gasteiger partial charge on any atom is 0.341 e. The van der Waals surface area contributed by atoms with Gasteiger partial charge >= 0.3 is 11.9 Å². The van der Waals surface area contributed by atoms with Crippen LogP contribution < -0.4 is 9.80 Å². The lowest BCUT2D eigenvalue weighted by Gasteiger charge is -2.23. The molecular weight excluding hydrogens is 640 g/mol. The van der Waals surface area contributed by atoms with Crippen molar-refractivity contribution in [2.24, 2.45) is 0 Å². The molecule has 0 atom stereocenters. The molecule has 2 aromatic heterocycles. The molecule has 4 aromatic carbocycles. The fourth-order valence-electron chi connectivity index (χ4n) is 4.62. The summed E-state index contributed by atoms with van der Waals surface area (Å²) in [6, 6.07) is 36.8. The van der Waals surface area contributed by atoms with Gasteiger partial charge in [-0.2, -0.15) is 0 Å². The minimum atomic E-state index is -0.442. The average molecular weight is 673 g/mol. The lowest BCUT2D eigenvalue weighted by Crippen LogP contribution is -2.14. The largest absolute Gasteiger partial charge is 0.462 e. The van der Waals surface area contributed by atoms with Crippen molar-refractivity contribution in [1.29, 1.82) is 0 Å². The molecule has 0 amide bonds. The highest BCUT2D eigenvalue weighted by Crippen LogP contribution is 2.33. The third-order valence-corrected chi connectivity index (χ3v) is 7.04. The van der Waals surface area contributed by atoms with Crippen molar-refractivity contribution in [2.45, 2.75) is 13.8 Å². The summed E-state index contributed by atoms with van der Waals surface area (Å²) >= 11 is 6.14. The van der Waals surface area contributed by atoms with Crippen LogP contribution in [0.5, 0.6) is 0 Å². The van der Waals surface area contributed by atoms with Crippen LogP contribution in [-0.4, -0.2) is 45.1 Å². The number of ether oxygens (including phenoxy) is 2. The zero-order valence-corrected chi connectivity index (χ0v) is 27.6. The summed E-state index contributed by atoms with van der Waals surface area (Å²) in [4.78, 5) is 44.7. The number of halogens is 1. The van der Waals surface area contributed by atoms with Crippen LogP contribution in [0.25, 0.3) is 0 Å². The number of carbonyl (C=O) groups is 2. The van der Waals surface area contributed by atoms with Gasteiger partial charge in [0.1, 0.15) is 0 Å². The van der Waals surface area contributed by atoms with Crippen molar-refractivity contribution < 1.29 is 19.1 Å². The van der Waals surface area contributed by atoms with Crippen LogP contribution in [0, 0.1) is 0 Å². The first-order valence-corrected chi connectivity index (χ1v) is 15.9. The van der Waals surface area contributed by atoms with Crippen LogP contribution in [0.1, 0.15) is 34.6 Å². The van der Waals surface area contributed by atoms with Crippen molar-refractivity contribution in [2.75, 3.05) is 23.0 Å². The topological polar surface area (TPSA) is 111 Å². The molecule has 0 aliphatic rings. The van der Waals surface area contributed by atoms with E-state index in [4.69, 9.17) is 21.1 Å². The van der Waals surface area contributed by atoms with Gasteiger partial charge in [0, 0.05) is 46.9 Å². The lowest BCUT2D eigenvalue weighted by molar-refractivity contribution is 0.0515. The van der Waals surface area contributed by atoms with Crippen molar-refractivity contribution in [1.82, 2.24) is 19.9 Å². The third kappa shape index (κ3) is 9.03. The molecule has 0 saturated carbocycles. The van der Waals surface area contributed by atoms with Crippen LogP contribution in [0.4, 0.5) is 34.6 Å². The zero-order valence-electron chi connectivity index (χ0n) is 26.9. The standard InChI is InChI=1S/C19H16ClN3O2.C19H17N3O2/c1-2-25-18(24)14-12-21-19(22-13-14)23(16-8-4-3-5-9-16)17-10-6-7-15(20)11-17;1-2-24-18(23)15-13-20-19(21-14-15)22(16-9-5-3-6-10-16)17-11-7-4-8-12-17/h3-13H,2H2,1H3;3-14H,2H2,1H3. The van der Waals surface area contributed by atoms with E-state index in [0.29, 0.717) is 41.3 Å². The molecule has 0 aliphatic carbocycles. The summed E-state index contributed by atoms with van der Waals surface area (Å²) < 4.78 is 9.93. The Morgan fingerprint density at radius 1 is 0.531 bits per heavy atom. The first-order chi connectivity index (χ1) is 24.0. The number of hydrogen-bond acceptors (Lipinski definition) is 10. The Kier molecular flexibility index (Phi) is 12.0. The van der Waals surface area contributed by atoms with Gasteiger partial charge in [0.2, 0.25) is 11.9 Å². The van der Waals surface area contributed by atoms with Crippen LogP contribution in [-0.2, 0) is 9.47 Å². The number of benzene rings is 4. The number of hydrogen-bond donors (Lipinski definition) is 0. The van der Waals surface area contributed by atoms with Gasteiger partial charge in [-0.3, -0.25) is 9.80 Å². The number of nitrogens with zero attached hydrogens (tertiary/aromatic N) is 6. The highest BCUT2D eigenvalue weighted by Gasteiger charge is 2.18. The van der Waals surface area contributed by atoms with Gasteiger partial charge in [0.15, 0.2) is 0 Å². The van der Waals surface area contributed by atoms with E-state index in [2.05, 4.69) is 19.9 Å². The summed E-state index contributed by atoms with van der Waals surface area (Å²) in [5.41, 5.74) is 4.22. The second-order valence-electron chi connectivity index (χ2n) is 10.1. The van der Waals surface area contributed by atoms with Crippen molar-refractivity contribution in [3.63, 3.8) is 0 Å². The molecule has 0 unspecified atom stereocenters. The Morgan fingerprint density at radius 2 is 0.878 bits per heavy atom. The molecule has 246 valence electrons. The fraction of sp³-hybridized carbons (Fsp3) is 0.105. The Labute approximate surface area is 289 Å². The molecule has 0 saturated heterocycles. The normalized spacial score (nSPS) is 10.3. The average Bonchev–Trinajstić information content (AvgIpc) is 3.14. The smallest absolute Gasteiger partial charge is 0.341 e. The molecule has 2 heterocycles. The molecule has 6 aromatic rings. The second-order valence-corrected chi connectivity index (χ2v) is 10.6. The lowest BCUT2D eigenvalue weighted by atomic mass is 10.2. The predicted octanol–water partition coefficient (Wildman–Crippen LogP) is 8.90. The Balaban J connectivity index is 0.000000191. The number of aromatic nitrogens is 4. The molecule has 0 bridgehead atoms. The number of anilines is 6. The molecule has 6 rings (SSSR count). The van der Waals surface area contributed by atoms with Gasteiger partial charge in [0.05, 0.1) is 30.0 Å². The van der Waals surface area contributed by atoms with Gasteiger partial charge in [-0.15, -0.1) is 0 Å². The molecule has 49 heavy (non-hydrogen) atoms. The van der Waals surface area contributed by atoms with Crippen LogP contribution in [0.2, 0.25) is 5.02 Å². The second kappa shape index (κ2) is 17.1. The van der Waals surface area contributed by atoms with E-state index < -0.39 is 11.9 Å². The molecule has 10 nitrogen and oxygen atoms in total.